The monoisotopic (exact) mass is 488 g/mol. The molecular weight excluding hydrogens is 463 g/mol. The Labute approximate surface area is 200 Å². The molecule has 2 heterocycles. The first kappa shape index (κ1) is 23.3. The molecular formula is C22H25FN6O2S2. The van der Waals surface area contributed by atoms with Crippen LogP contribution in [0, 0.1) is 9.77 Å². The lowest BCUT2D eigenvalue weighted by Gasteiger charge is -2.28. The number of nitrogens with zero attached hydrogens (tertiary/aromatic N) is 4. The Morgan fingerprint density at radius 3 is 2.67 bits per heavy atom. The Morgan fingerprint density at radius 1 is 1.21 bits per heavy atom. The van der Waals surface area contributed by atoms with Crippen molar-refractivity contribution in [2.75, 3.05) is 55.4 Å². The third-order valence-electron chi connectivity index (χ3n) is 5.04. The minimum Gasteiger partial charge on any atom is -0.378 e. The van der Waals surface area contributed by atoms with Gasteiger partial charge < -0.3 is 20.3 Å². The van der Waals surface area contributed by atoms with E-state index in [1.54, 1.807) is 27.8 Å². The Hall–Kier alpha value is -2.86. The normalized spacial score (nSPS) is 13.8. The number of benzene rings is 2. The SMILES string of the molecule is CN(CC(=O)Nc1ccc(N2CCOCC2)cc1)Cn1nc(Nc2ccccc2F)sc1=S. The second-order valence-corrected chi connectivity index (χ2v) is 9.25. The van der Waals surface area contributed by atoms with E-state index < -0.39 is 0 Å². The highest BCUT2D eigenvalue weighted by atomic mass is 32.1. The highest BCUT2D eigenvalue weighted by Gasteiger charge is 2.13. The number of rotatable bonds is 8. The lowest BCUT2D eigenvalue weighted by atomic mass is 10.2. The smallest absolute Gasteiger partial charge is 0.238 e. The van der Waals surface area contributed by atoms with Crippen molar-refractivity contribution in [1.29, 1.82) is 0 Å². The molecule has 0 saturated carbocycles. The number of halogens is 1. The molecule has 0 spiro atoms. The largest absolute Gasteiger partial charge is 0.378 e. The van der Waals surface area contributed by atoms with Gasteiger partial charge in [0.1, 0.15) is 5.82 Å². The average molecular weight is 489 g/mol. The summed E-state index contributed by atoms with van der Waals surface area (Å²) in [5, 5.41) is 10.7. The molecule has 11 heteroatoms. The summed E-state index contributed by atoms with van der Waals surface area (Å²) in [4.78, 5) is 16.5. The molecule has 4 rings (SSSR count). The van der Waals surface area contributed by atoms with Gasteiger partial charge in [0, 0.05) is 24.5 Å². The number of likely N-dealkylation sites (N-methyl/N-ethyl adjacent to an activating group) is 1. The summed E-state index contributed by atoms with van der Waals surface area (Å²) < 4.78 is 21.4. The van der Waals surface area contributed by atoms with E-state index in [-0.39, 0.29) is 18.3 Å². The fourth-order valence-electron chi connectivity index (χ4n) is 3.43. The summed E-state index contributed by atoms with van der Waals surface area (Å²) >= 11 is 6.62. The highest BCUT2D eigenvalue weighted by molar-refractivity contribution is 7.73. The Kier molecular flexibility index (Phi) is 7.65. The Morgan fingerprint density at radius 2 is 1.94 bits per heavy atom. The topological polar surface area (TPSA) is 74.7 Å². The fourth-order valence-corrected chi connectivity index (χ4v) is 4.43. The number of nitrogens with one attached hydrogen (secondary N) is 2. The summed E-state index contributed by atoms with van der Waals surface area (Å²) in [7, 11) is 1.81. The number of aromatic nitrogens is 2. The molecule has 0 aliphatic carbocycles. The molecule has 2 aromatic carbocycles. The number of carbonyl (C=O) groups excluding carboxylic acids is 1. The third-order valence-corrected chi connectivity index (χ3v) is 6.26. The van der Waals surface area contributed by atoms with Crippen molar-refractivity contribution in [3.8, 4) is 0 Å². The van der Waals surface area contributed by atoms with Crippen LogP contribution in [0.1, 0.15) is 0 Å². The maximum absolute atomic E-state index is 13.9. The van der Waals surface area contributed by atoms with Gasteiger partial charge >= 0.3 is 0 Å². The summed E-state index contributed by atoms with van der Waals surface area (Å²) in [6.45, 7) is 3.70. The standard InChI is InChI=1S/C22H25FN6O2S2/c1-27(15-29-22(32)33-21(26-29)25-19-5-3-2-4-18(19)23)14-20(30)24-16-6-8-17(9-7-16)28-10-12-31-13-11-28/h2-9H,10-15H2,1H3,(H,24,30)(H,25,26). The lowest BCUT2D eigenvalue weighted by Crippen LogP contribution is -2.36. The van der Waals surface area contributed by atoms with Crippen molar-refractivity contribution in [1.82, 2.24) is 14.7 Å². The van der Waals surface area contributed by atoms with Gasteiger partial charge in [-0.2, -0.15) is 0 Å². The van der Waals surface area contributed by atoms with E-state index >= 15 is 0 Å². The summed E-state index contributed by atoms with van der Waals surface area (Å²) in [6.07, 6.45) is 0. The first-order chi connectivity index (χ1) is 16.0. The predicted octanol–water partition coefficient (Wildman–Crippen LogP) is 3.92. The quantitative estimate of drug-likeness (QED) is 0.466. The van der Waals surface area contributed by atoms with Crippen LogP contribution in [0.2, 0.25) is 0 Å². The predicted molar refractivity (Wildman–Crippen MR) is 131 cm³/mol. The maximum atomic E-state index is 13.9. The molecule has 0 bridgehead atoms. The lowest BCUT2D eigenvalue weighted by molar-refractivity contribution is -0.117. The van der Waals surface area contributed by atoms with Crippen molar-refractivity contribution in [2.24, 2.45) is 0 Å². The molecule has 8 nitrogen and oxygen atoms in total. The molecule has 33 heavy (non-hydrogen) atoms. The van der Waals surface area contributed by atoms with Crippen LogP contribution in [0.5, 0.6) is 0 Å². The minimum absolute atomic E-state index is 0.136. The molecule has 0 unspecified atom stereocenters. The molecule has 1 fully saturated rings. The van der Waals surface area contributed by atoms with Crippen molar-refractivity contribution in [3.05, 3.63) is 58.3 Å². The number of hydrogen-bond acceptors (Lipinski definition) is 8. The van der Waals surface area contributed by atoms with Crippen LogP contribution in [0.4, 0.5) is 26.6 Å². The number of hydrogen-bond donors (Lipinski definition) is 2. The van der Waals surface area contributed by atoms with E-state index in [4.69, 9.17) is 17.0 Å². The van der Waals surface area contributed by atoms with Crippen LogP contribution in [0.3, 0.4) is 0 Å². The number of amides is 1. The highest BCUT2D eigenvalue weighted by Crippen LogP contribution is 2.22. The van der Waals surface area contributed by atoms with Crippen molar-refractivity contribution in [2.45, 2.75) is 6.67 Å². The maximum Gasteiger partial charge on any atom is 0.238 e. The molecule has 2 N–H and O–H groups in total. The van der Waals surface area contributed by atoms with Crippen LogP contribution >= 0.6 is 23.6 Å². The van der Waals surface area contributed by atoms with Gasteiger partial charge in [0.15, 0.2) is 3.95 Å². The van der Waals surface area contributed by atoms with Gasteiger partial charge in [-0.3, -0.25) is 9.69 Å². The number of carbonyl (C=O) groups is 1. The van der Waals surface area contributed by atoms with Crippen LogP contribution in [-0.2, 0) is 16.2 Å². The van der Waals surface area contributed by atoms with Gasteiger partial charge in [0.2, 0.25) is 11.0 Å². The molecule has 1 aromatic heterocycles. The first-order valence-electron chi connectivity index (χ1n) is 10.5. The average Bonchev–Trinajstić information content (AvgIpc) is 3.14. The molecule has 1 saturated heterocycles. The van der Waals surface area contributed by atoms with Gasteiger partial charge in [0.25, 0.3) is 0 Å². The second kappa shape index (κ2) is 10.8. The number of para-hydroxylation sites is 1. The van der Waals surface area contributed by atoms with Crippen molar-refractivity contribution < 1.29 is 13.9 Å². The zero-order chi connectivity index (χ0) is 23.2. The van der Waals surface area contributed by atoms with Crippen molar-refractivity contribution >= 4 is 51.7 Å². The molecule has 1 amide bonds. The van der Waals surface area contributed by atoms with E-state index in [0.717, 1.165) is 37.7 Å². The van der Waals surface area contributed by atoms with Gasteiger partial charge in [0.05, 0.1) is 32.1 Å². The van der Waals surface area contributed by atoms with E-state index in [2.05, 4.69) is 20.6 Å². The number of ether oxygens (including phenoxy) is 1. The Bertz CT molecular complexity index is 1140. The fraction of sp³-hybridized carbons (Fsp3) is 0.318. The zero-order valence-electron chi connectivity index (χ0n) is 18.2. The van der Waals surface area contributed by atoms with Crippen LogP contribution in [0.15, 0.2) is 48.5 Å². The van der Waals surface area contributed by atoms with E-state index in [1.165, 1.54) is 17.4 Å². The van der Waals surface area contributed by atoms with Crippen LogP contribution in [0.25, 0.3) is 0 Å². The zero-order valence-corrected chi connectivity index (χ0v) is 19.8. The van der Waals surface area contributed by atoms with Gasteiger partial charge in [-0.15, -0.1) is 5.10 Å². The molecule has 174 valence electrons. The number of anilines is 4. The molecule has 3 aromatic rings. The van der Waals surface area contributed by atoms with Gasteiger partial charge in [-0.25, -0.2) is 9.07 Å². The molecule has 0 atom stereocenters. The van der Waals surface area contributed by atoms with E-state index in [1.807, 2.05) is 31.3 Å². The second-order valence-electron chi connectivity index (χ2n) is 7.63. The van der Waals surface area contributed by atoms with Crippen molar-refractivity contribution in [3.63, 3.8) is 0 Å². The first-order valence-corrected chi connectivity index (χ1v) is 11.7. The van der Waals surface area contributed by atoms with Gasteiger partial charge in [-0.1, -0.05) is 23.5 Å². The van der Waals surface area contributed by atoms with E-state index in [9.17, 15) is 9.18 Å². The Balaban J connectivity index is 1.29. The molecule has 1 aliphatic rings. The summed E-state index contributed by atoms with van der Waals surface area (Å²) in [5.74, 6) is -0.500. The summed E-state index contributed by atoms with van der Waals surface area (Å²) in [6, 6.07) is 14.2. The molecule has 0 radical (unpaired) electrons. The molecule has 1 aliphatic heterocycles. The minimum atomic E-state index is -0.364. The van der Waals surface area contributed by atoms with Crippen LogP contribution < -0.4 is 15.5 Å². The third kappa shape index (κ3) is 6.35. The van der Waals surface area contributed by atoms with Crippen LogP contribution in [-0.4, -0.2) is 60.5 Å². The van der Waals surface area contributed by atoms with Gasteiger partial charge in [-0.05, 0) is 55.7 Å². The van der Waals surface area contributed by atoms with E-state index in [0.29, 0.717) is 21.4 Å². The summed E-state index contributed by atoms with van der Waals surface area (Å²) in [5.41, 5.74) is 2.19. The number of morpholine rings is 1.